The van der Waals surface area contributed by atoms with Crippen LogP contribution in [0.2, 0.25) is 0 Å². The summed E-state index contributed by atoms with van der Waals surface area (Å²) in [7, 11) is 1.42. The van der Waals surface area contributed by atoms with Crippen molar-refractivity contribution in [3.8, 4) is 11.8 Å². The number of rotatable bonds is 11. The molecule has 0 radical (unpaired) electrons. The highest BCUT2D eigenvalue weighted by atomic mass is 19.1. The monoisotopic (exact) mass is 296 g/mol. The van der Waals surface area contributed by atoms with Crippen molar-refractivity contribution in [3.63, 3.8) is 0 Å². The van der Waals surface area contributed by atoms with E-state index in [2.05, 4.69) is 23.5 Å². The van der Waals surface area contributed by atoms with Crippen LogP contribution in [0.5, 0.6) is 0 Å². The van der Waals surface area contributed by atoms with Gasteiger partial charge in [-0.05, 0) is 25.7 Å². The summed E-state index contributed by atoms with van der Waals surface area (Å²) in [4.78, 5) is 10.9. The number of halogens is 1. The lowest BCUT2D eigenvalue weighted by molar-refractivity contribution is -0.140. The third-order valence-corrected chi connectivity index (χ3v) is 3.26. The van der Waals surface area contributed by atoms with E-state index in [-0.39, 0.29) is 11.8 Å². The lowest BCUT2D eigenvalue weighted by Gasteiger charge is -2.01. The quantitative estimate of drug-likeness (QED) is 0.293. The lowest BCUT2D eigenvalue weighted by atomic mass is 10.1. The minimum Gasteiger partial charge on any atom is -0.469 e. The molecule has 0 saturated carbocycles. The van der Waals surface area contributed by atoms with Gasteiger partial charge in [0.1, 0.15) is 5.83 Å². The van der Waals surface area contributed by atoms with Crippen LogP contribution in [-0.2, 0) is 9.53 Å². The average Bonchev–Trinajstić information content (AvgIpc) is 2.49. The van der Waals surface area contributed by atoms with E-state index in [1.54, 1.807) is 0 Å². The molecule has 0 rings (SSSR count). The van der Waals surface area contributed by atoms with Gasteiger partial charge in [0, 0.05) is 18.9 Å². The van der Waals surface area contributed by atoms with Crippen LogP contribution in [-0.4, -0.2) is 13.1 Å². The van der Waals surface area contributed by atoms with Crippen LogP contribution in [0.15, 0.2) is 11.9 Å². The third-order valence-electron chi connectivity index (χ3n) is 3.26. The van der Waals surface area contributed by atoms with E-state index >= 15 is 0 Å². The van der Waals surface area contributed by atoms with Gasteiger partial charge in [0.2, 0.25) is 0 Å². The van der Waals surface area contributed by atoms with Crippen LogP contribution in [0.4, 0.5) is 4.39 Å². The highest BCUT2D eigenvalue weighted by molar-refractivity contribution is 5.68. The van der Waals surface area contributed by atoms with Gasteiger partial charge in [-0.3, -0.25) is 4.79 Å². The van der Waals surface area contributed by atoms with Gasteiger partial charge in [-0.1, -0.05) is 50.9 Å². The Labute approximate surface area is 129 Å². The van der Waals surface area contributed by atoms with Gasteiger partial charge >= 0.3 is 5.97 Å². The SMILES string of the molecule is CCCCC#C/C=C(/F)CCCCCCCCC(=O)OC. The number of allylic oxidation sites excluding steroid dienone is 2. The summed E-state index contributed by atoms with van der Waals surface area (Å²) in [6.07, 6.45) is 11.5. The minimum absolute atomic E-state index is 0.107. The molecule has 0 unspecified atom stereocenters. The van der Waals surface area contributed by atoms with E-state index in [4.69, 9.17) is 0 Å². The zero-order valence-corrected chi connectivity index (χ0v) is 13.5. The molecule has 3 heteroatoms. The van der Waals surface area contributed by atoms with Gasteiger partial charge in [0.15, 0.2) is 0 Å². The predicted molar refractivity (Wildman–Crippen MR) is 85.4 cm³/mol. The molecule has 0 atom stereocenters. The molecule has 0 bridgehead atoms. The number of carbonyl (C=O) groups excluding carboxylic acids is 1. The van der Waals surface area contributed by atoms with Crippen molar-refractivity contribution in [3.05, 3.63) is 11.9 Å². The van der Waals surface area contributed by atoms with Crippen LogP contribution in [0.1, 0.15) is 77.6 Å². The first-order valence-corrected chi connectivity index (χ1v) is 8.10. The number of methoxy groups -OCH3 is 1. The summed E-state index contributed by atoms with van der Waals surface area (Å²) in [6, 6.07) is 0. The first kappa shape index (κ1) is 19.7. The van der Waals surface area contributed by atoms with E-state index < -0.39 is 0 Å². The molecule has 0 aromatic rings. The van der Waals surface area contributed by atoms with Gasteiger partial charge in [-0.15, -0.1) is 0 Å². The Morgan fingerprint density at radius 2 is 1.67 bits per heavy atom. The van der Waals surface area contributed by atoms with Crippen molar-refractivity contribution in [2.75, 3.05) is 7.11 Å². The van der Waals surface area contributed by atoms with E-state index in [1.165, 1.54) is 13.2 Å². The van der Waals surface area contributed by atoms with Crippen molar-refractivity contribution >= 4 is 5.97 Å². The summed E-state index contributed by atoms with van der Waals surface area (Å²) in [5.41, 5.74) is 0. The molecule has 0 N–H and O–H groups in total. The standard InChI is InChI=1S/C18H29FO2/c1-3-4-5-8-11-14-17(19)15-12-9-6-7-10-13-16-18(20)21-2/h14H,3-7,9-10,12-13,15-16H2,1-2H3/b17-14+. The molecule has 21 heavy (non-hydrogen) atoms. The predicted octanol–water partition coefficient (Wildman–Crippen LogP) is 5.33. The second kappa shape index (κ2) is 15.1. The molecule has 120 valence electrons. The Kier molecular flexibility index (Phi) is 14.2. The second-order valence-electron chi connectivity index (χ2n) is 5.21. The molecule has 0 aliphatic carbocycles. The van der Waals surface area contributed by atoms with Gasteiger partial charge in [0.25, 0.3) is 0 Å². The first-order valence-electron chi connectivity index (χ1n) is 8.10. The summed E-state index contributed by atoms with van der Waals surface area (Å²) in [6.45, 7) is 2.12. The average molecular weight is 296 g/mol. The number of carbonyl (C=O) groups is 1. The van der Waals surface area contributed by atoms with Crippen LogP contribution >= 0.6 is 0 Å². The maximum absolute atomic E-state index is 13.4. The van der Waals surface area contributed by atoms with Crippen molar-refractivity contribution in [1.29, 1.82) is 0 Å². The van der Waals surface area contributed by atoms with E-state index in [1.807, 2.05) is 0 Å². The van der Waals surface area contributed by atoms with E-state index in [9.17, 15) is 9.18 Å². The third kappa shape index (κ3) is 14.9. The molecular weight excluding hydrogens is 267 g/mol. The zero-order chi connectivity index (χ0) is 15.8. The lowest BCUT2D eigenvalue weighted by Crippen LogP contribution is -1.99. The fraction of sp³-hybridized carbons (Fsp3) is 0.722. The molecule has 0 aliphatic rings. The van der Waals surface area contributed by atoms with Crippen molar-refractivity contribution in [2.45, 2.75) is 77.6 Å². The fourth-order valence-corrected chi connectivity index (χ4v) is 1.91. The Bertz CT molecular complexity index is 350. The Morgan fingerprint density at radius 3 is 2.29 bits per heavy atom. The Hall–Kier alpha value is -1.30. The van der Waals surface area contributed by atoms with Crippen molar-refractivity contribution in [1.82, 2.24) is 0 Å². The molecule has 0 saturated heterocycles. The van der Waals surface area contributed by atoms with E-state index in [0.717, 1.165) is 57.8 Å². The van der Waals surface area contributed by atoms with Gasteiger partial charge < -0.3 is 4.74 Å². The summed E-state index contributed by atoms with van der Waals surface area (Å²) < 4.78 is 18.0. The normalized spacial score (nSPS) is 10.9. The largest absolute Gasteiger partial charge is 0.469 e. The summed E-state index contributed by atoms with van der Waals surface area (Å²) in [5.74, 6) is 5.48. The molecule has 0 heterocycles. The zero-order valence-electron chi connectivity index (χ0n) is 13.5. The minimum atomic E-state index is -0.137. The molecule has 0 fully saturated rings. The smallest absolute Gasteiger partial charge is 0.305 e. The molecule has 0 amide bonds. The molecule has 0 aromatic heterocycles. The molecular formula is C18H29FO2. The maximum atomic E-state index is 13.4. The topological polar surface area (TPSA) is 26.3 Å². The summed E-state index contributed by atoms with van der Waals surface area (Å²) in [5, 5.41) is 0. The maximum Gasteiger partial charge on any atom is 0.305 e. The van der Waals surface area contributed by atoms with Crippen LogP contribution in [0.3, 0.4) is 0 Å². The summed E-state index contributed by atoms with van der Waals surface area (Å²) >= 11 is 0. The van der Waals surface area contributed by atoms with Crippen molar-refractivity contribution in [2.24, 2.45) is 0 Å². The van der Waals surface area contributed by atoms with Gasteiger partial charge in [0.05, 0.1) is 7.11 Å². The van der Waals surface area contributed by atoms with E-state index in [0.29, 0.717) is 12.8 Å². The number of hydrogen-bond donors (Lipinski definition) is 0. The second-order valence-corrected chi connectivity index (χ2v) is 5.21. The number of esters is 1. The molecule has 0 aromatic carbocycles. The molecule has 0 spiro atoms. The highest BCUT2D eigenvalue weighted by Crippen LogP contribution is 2.13. The molecule has 0 aliphatic heterocycles. The molecule has 2 nitrogen and oxygen atoms in total. The fourth-order valence-electron chi connectivity index (χ4n) is 1.91. The number of hydrogen-bond acceptors (Lipinski definition) is 2. The Morgan fingerprint density at radius 1 is 1.05 bits per heavy atom. The number of unbranched alkanes of at least 4 members (excludes halogenated alkanes) is 7. The van der Waals surface area contributed by atoms with Crippen LogP contribution in [0.25, 0.3) is 0 Å². The number of ether oxygens (including phenoxy) is 1. The Balaban J connectivity index is 3.42. The van der Waals surface area contributed by atoms with Crippen molar-refractivity contribution < 1.29 is 13.9 Å². The van der Waals surface area contributed by atoms with Gasteiger partial charge in [-0.25, -0.2) is 4.39 Å². The highest BCUT2D eigenvalue weighted by Gasteiger charge is 1.99. The van der Waals surface area contributed by atoms with Crippen LogP contribution in [0, 0.1) is 11.8 Å². The van der Waals surface area contributed by atoms with Gasteiger partial charge in [-0.2, -0.15) is 0 Å². The van der Waals surface area contributed by atoms with Crippen LogP contribution < -0.4 is 0 Å². The first-order chi connectivity index (χ1) is 10.2.